The molecule has 0 saturated carbocycles. The van der Waals surface area contributed by atoms with E-state index in [4.69, 9.17) is 4.74 Å². The van der Waals surface area contributed by atoms with Crippen LogP contribution in [0.15, 0.2) is 22.7 Å². The highest BCUT2D eigenvalue weighted by Gasteiger charge is 2.36. The van der Waals surface area contributed by atoms with Crippen molar-refractivity contribution in [3.05, 3.63) is 22.7 Å². The van der Waals surface area contributed by atoms with E-state index in [2.05, 4.69) is 41.9 Å². The monoisotopic (exact) mass is 436 g/mol. The number of rotatable bonds is 3. The average molecular weight is 437 g/mol. The fourth-order valence-corrected chi connectivity index (χ4v) is 3.37. The number of aromatic amines is 1. The maximum absolute atomic E-state index is 12.8. The molecule has 1 atom stereocenters. The van der Waals surface area contributed by atoms with Crippen LogP contribution in [0.2, 0.25) is 0 Å². The number of amides is 2. The Bertz CT molecular complexity index is 834. The van der Waals surface area contributed by atoms with Crippen molar-refractivity contribution < 1.29 is 14.3 Å². The Hall–Kier alpha value is -2.49. The van der Waals surface area contributed by atoms with Crippen molar-refractivity contribution in [2.24, 2.45) is 0 Å². The summed E-state index contributed by atoms with van der Waals surface area (Å²) in [4.78, 5) is 26.6. The first-order valence-corrected chi connectivity index (χ1v) is 9.37. The van der Waals surface area contributed by atoms with E-state index in [9.17, 15) is 9.59 Å². The first-order valence-electron chi connectivity index (χ1n) is 8.58. The minimum absolute atomic E-state index is 0.254. The fraction of sp³-hybridized carbons (Fsp3) is 0.471. The second kappa shape index (κ2) is 7.63. The summed E-state index contributed by atoms with van der Waals surface area (Å²) in [7, 11) is 0. The van der Waals surface area contributed by atoms with Crippen LogP contribution in [0.5, 0.6) is 0 Å². The molecule has 1 aliphatic heterocycles. The van der Waals surface area contributed by atoms with E-state index >= 15 is 0 Å². The van der Waals surface area contributed by atoms with Gasteiger partial charge in [-0.2, -0.15) is 5.21 Å². The van der Waals surface area contributed by atoms with E-state index in [1.165, 1.54) is 4.90 Å². The molecule has 1 aromatic carbocycles. The molecular weight excluding hydrogens is 416 g/mol. The van der Waals surface area contributed by atoms with Crippen LogP contribution in [-0.2, 0) is 9.53 Å². The molecule has 10 heteroatoms. The summed E-state index contributed by atoms with van der Waals surface area (Å²) in [5.41, 5.74) is 0.666. The van der Waals surface area contributed by atoms with Crippen LogP contribution in [0.25, 0.3) is 11.4 Å². The van der Waals surface area contributed by atoms with Crippen molar-refractivity contribution in [3.63, 3.8) is 0 Å². The molecule has 3 rings (SSSR count). The zero-order valence-corrected chi connectivity index (χ0v) is 16.9. The Labute approximate surface area is 165 Å². The van der Waals surface area contributed by atoms with Crippen molar-refractivity contribution in [1.29, 1.82) is 0 Å². The number of H-pyrrole nitrogens is 1. The van der Waals surface area contributed by atoms with Gasteiger partial charge in [0, 0.05) is 22.3 Å². The molecule has 2 heterocycles. The molecule has 1 unspecified atom stereocenters. The van der Waals surface area contributed by atoms with Gasteiger partial charge in [0.25, 0.3) is 0 Å². The largest absolute Gasteiger partial charge is 0.444 e. The first kappa shape index (κ1) is 19.3. The second-order valence-corrected chi connectivity index (χ2v) is 8.20. The molecule has 1 fully saturated rings. The number of carbonyl (C=O) groups excluding carboxylic acids is 2. The maximum Gasteiger partial charge on any atom is 0.410 e. The van der Waals surface area contributed by atoms with Crippen LogP contribution in [0.3, 0.4) is 0 Å². The number of tetrazole rings is 1. The normalized spacial score (nSPS) is 17.0. The van der Waals surface area contributed by atoms with E-state index in [-0.39, 0.29) is 5.91 Å². The molecule has 27 heavy (non-hydrogen) atoms. The molecule has 144 valence electrons. The minimum atomic E-state index is -0.607. The number of benzene rings is 1. The molecule has 0 spiro atoms. The zero-order valence-electron chi connectivity index (χ0n) is 15.3. The maximum atomic E-state index is 12.8. The van der Waals surface area contributed by atoms with Crippen LogP contribution in [0.1, 0.15) is 33.6 Å². The summed E-state index contributed by atoms with van der Waals surface area (Å²) in [5, 5.41) is 16.7. The van der Waals surface area contributed by atoms with Gasteiger partial charge < -0.3 is 10.1 Å². The Morgan fingerprint density at radius 1 is 1.33 bits per heavy atom. The van der Waals surface area contributed by atoms with Crippen LogP contribution < -0.4 is 5.32 Å². The van der Waals surface area contributed by atoms with Gasteiger partial charge in [0.2, 0.25) is 11.7 Å². The number of anilines is 1. The summed E-state index contributed by atoms with van der Waals surface area (Å²) >= 11 is 3.42. The van der Waals surface area contributed by atoms with Crippen LogP contribution in [0.4, 0.5) is 10.5 Å². The lowest BCUT2D eigenvalue weighted by atomic mass is 10.1. The third-order valence-electron chi connectivity index (χ3n) is 3.95. The molecule has 1 saturated heterocycles. The van der Waals surface area contributed by atoms with Crippen molar-refractivity contribution in [1.82, 2.24) is 25.5 Å². The average Bonchev–Trinajstić information content (AvgIpc) is 3.24. The van der Waals surface area contributed by atoms with Gasteiger partial charge in [0.1, 0.15) is 11.6 Å². The summed E-state index contributed by atoms with van der Waals surface area (Å²) in [6, 6.07) is 4.78. The van der Waals surface area contributed by atoms with Crippen molar-refractivity contribution in [3.8, 4) is 11.4 Å². The van der Waals surface area contributed by atoms with Gasteiger partial charge in [-0.05, 0) is 57.0 Å². The molecule has 0 aliphatic carbocycles. The summed E-state index contributed by atoms with van der Waals surface area (Å²) in [6.45, 7) is 5.91. The predicted molar refractivity (Wildman–Crippen MR) is 102 cm³/mol. The van der Waals surface area contributed by atoms with Gasteiger partial charge in [-0.15, -0.1) is 10.2 Å². The molecular formula is C17H21BrN6O3. The first-order chi connectivity index (χ1) is 12.7. The number of halogens is 1. The van der Waals surface area contributed by atoms with Crippen LogP contribution in [-0.4, -0.2) is 55.7 Å². The minimum Gasteiger partial charge on any atom is -0.444 e. The van der Waals surface area contributed by atoms with E-state index in [1.807, 2.05) is 6.07 Å². The SMILES string of the molecule is CC(C)(C)OC(=O)N1CCCC1C(=O)Nc1cc(Br)cc(-c2nn[nH]n2)c1. The fourth-order valence-electron chi connectivity index (χ4n) is 2.88. The summed E-state index contributed by atoms with van der Waals surface area (Å²) in [5.74, 6) is 0.165. The van der Waals surface area contributed by atoms with Gasteiger partial charge in [0.05, 0.1) is 0 Å². The molecule has 1 aliphatic rings. The number of hydrogen-bond donors (Lipinski definition) is 2. The smallest absolute Gasteiger partial charge is 0.410 e. The number of ether oxygens (including phenoxy) is 1. The molecule has 2 N–H and O–H groups in total. The molecule has 9 nitrogen and oxygen atoms in total. The van der Waals surface area contributed by atoms with Gasteiger partial charge in [-0.1, -0.05) is 15.9 Å². The third kappa shape index (κ3) is 4.82. The second-order valence-electron chi connectivity index (χ2n) is 7.29. The lowest BCUT2D eigenvalue weighted by Crippen LogP contribution is -2.45. The summed E-state index contributed by atoms with van der Waals surface area (Å²) < 4.78 is 6.17. The Kier molecular flexibility index (Phi) is 5.45. The molecule has 2 aromatic rings. The number of nitrogens with one attached hydrogen (secondary N) is 2. The molecule has 0 bridgehead atoms. The zero-order chi connectivity index (χ0) is 19.6. The van der Waals surface area contributed by atoms with E-state index in [1.54, 1.807) is 32.9 Å². The van der Waals surface area contributed by atoms with Crippen molar-refractivity contribution >= 4 is 33.6 Å². The number of hydrogen-bond acceptors (Lipinski definition) is 6. The van der Waals surface area contributed by atoms with E-state index < -0.39 is 17.7 Å². The topological polar surface area (TPSA) is 113 Å². The van der Waals surface area contributed by atoms with E-state index in [0.717, 1.165) is 10.9 Å². The standard InChI is InChI=1S/C17H21BrN6O3/c1-17(2,3)27-16(26)24-6-4-5-13(24)15(25)19-12-8-10(7-11(18)9-12)14-20-22-23-21-14/h7-9,13H,4-6H2,1-3H3,(H,19,25)(H,20,21,22,23). The van der Waals surface area contributed by atoms with Gasteiger partial charge in [-0.25, -0.2) is 4.79 Å². The molecule has 2 amide bonds. The Morgan fingerprint density at radius 2 is 2.11 bits per heavy atom. The Morgan fingerprint density at radius 3 is 2.78 bits per heavy atom. The van der Waals surface area contributed by atoms with E-state index in [0.29, 0.717) is 30.0 Å². The summed E-state index contributed by atoms with van der Waals surface area (Å²) in [6.07, 6.45) is 0.877. The quantitative estimate of drug-likeness (QED) is 0.764. The molecule has 1 aromatic heterocycles. The van der Waals surface area contributed by atoms with Crippen LogP contribution >= 0.6 is 15.9 Å². The van der Waals surface area contributed by atoms with Gasteiger partial charge in [-0.3, -0.25) is 9.69 Å². The lowest BCUT2D eigenvalue weighted by molar-refractivity contribution is -0.120. The third-order valence-corrected chi connectivity index (χ3v) is 4.41. The predicted octanol–water partition coefficient (Wildman–Crippen LogP) is 2.97. The van der Waals surface area contributed by atoms with Crippen LogP contribution in [0, 0.1) is 0 Å². The van der Waals surface area contributed by atoms with Crippen molar-refractivity contribution in [2.45, 2.75) is 45.3 Å². The highest BCUT2D eigenvalue weighted by Crippen LogP contribution is 2.27. The lowest BCUT2D eigenvalue weighted by Gasteiger charge is -2.28. The highest BCUT2D eigenvalue weighted by atomic mass is 79.9. The number of carbonyl (C=O) groups is 2. The number of aromatic nitrogens is 4. The van der Waals surface area contributed by atoms with Crippen molar-refractivity contribution in [2.75, 3.05) is 11.9 Å². The van der Waals surface area contributed by atoms with Gasteiger partial charge >= 0.3 is 6.09 Å². The number of likely N-dealkylation sites (tertiary alicyclic amines) is 1. The molecule has 0 radical (unpaired) electrons. The van der Waals surface area contributed by atoms with Gasteiger partial charge in [0.15, 0.2) is 0 Å². The number of nitrogens with zero attached hydrogens (tertiary/aromatic N) is 4. The Balaban J connectivity index is 1.74. The highest BCUT2D eigenvalue weighted by molar-refractivity contribution is 9.10.